The molecule has 2 rings (SSSR count). The third-order valence-corrected chi connectivity index (χ3v) is 4.17. The molecule has 25 heavy (non-hydrogen) atoms. The molecule has 0 bridgehead atoms. The first-order chi connectivity index (χ1) is 11.9. The van der Waals surface area contributed by atoms with Crippen molar-refractivity contribution in [2.24, 2.45) is 7.05 Å². The van der Waals surface area contributed by atoms with E-state index in [-0.39, 0.29) is 11.9 Å². The molecule has 9 heteroatoms. The molecule has 3 amide bonds. The van der Waals surface area contributed by atoms with Crippen LogP contribution in [0.5, 0.6) is 5.75 Å². The predicted octanol–water partition coefficient (Wildman–Crippen LogP) is 2.43. The average molecular weight is 363 g/mol. The van der Waals surface area contributed by atoms with Crippen molar-refractivity contribution in [3.63, 3.8) is 0 Å². The van der Waals surface area contributed by atoms with Crippen molar-refractivity contribution in [3.8, 4) is 5.75 Å². The number of aromatic nitrogens is 2. The maximum Gasteiger partial charge on any atom is 0.319 e. The Morgan fingerprint density at radius 2 is 2.08 bits per heavy atom. The van der Waals surface area contributed by atoms with E-state index < -0.39 is 0 Å². The molecule has 3 N–H and O–H groups in total. The van der Waals surface area contributed by atoms with E-state index in [4.69, 9.17) is 4.74 Å². The third-order valence-electron chi connectivity index (χ3n) is 3.42. The molecular weight excluding hydrogens is 342 g/mol. The highest BCUT2D eigenvalue weighted by atomic mass is 32.2. The van der Waals surface area contributed by atoms with Gasteiger partial charge in [-0.25, -0.2) is 9.78 Å². The van der Waals surface area contributed by atoms with Gasteiger partial charge in [0.15, 0.2) is 5.16 Å². The zero-order chi connectivity index (χ0) is 18.4. The second kappa shape index (κ2) is 8.43. The van der Waals surface area contributed by atoms with Crippen molar-refractivity contribution in [1.29, 1.82) is 0 Å². The van der Waals surface area contributed by atoms with E-state index in [0.29, 0.717) is 23.7 Å². The molecule has 0 saturated heterocycles. The summed E-state index contributed by atoms with van der Waals surface area (Å²) in [5.74, 6) is 0.302. The van der Waals surface area contributed by atoms with Crippen molar-refractivity contribution in [2.75, 3.05) is 24.0 Å². The van der Waals surface area contributed by atoms with E-state index in [1.54, 1.807) is 24.4 Å². The van der Waals surface area contributed by atoms with Gasteiger partial charge < -0.3 is 25.3 Å². The Kier molecular flexibility index (Phi) is 6.29. The molecule has 1 aromatic carbocycles. The van der Waals surface area contributed by atoms with Crippen LogP contribution >= 0.6 is 11.8 Å². The number of anilines is 2. The molecule has 0 aliphatic carbocycles. The van der Waals surface area contributed by atoms with Gasteiger partial charge >= 0.3 is 6.03 Å². The normalized spacial score (nSPS) is 10.2. The highest BCUT2D eigenvalue weighted by Gasteiger charge is 2.11. The first kappa shape index (κ1) is 18.7. The molecule has 0 unspecified atom stereocenters. The van der Waals surface area contributed by atoms with Gasteiger partial charge in [-0.1, -0.05) is 11.8 Å². The first-order valence-electron chi connectivity index (χ1n) is 7.49. The molecule has 8 nitrogen and oxygen atoms in total. The summed E-state index contributed by atoms with van der Waals surface area (Å²) in [4.78, 5) is 27.6. The van der Waals surface area contributed by atoms with Crippen molar-refractivity contribution >= 4 is 35.1 Å². The average Bonchev–Trinajstić information content (AvgIpc) is 2.92. The van der Waals surface area contributed by atoms with E-state index in [0.717, 1.165) is 10.9 Å². The molecule has 134 valence electrons. The number of hydrogen-bond acceptors (Lipinski definition) is 5. The van der Waals surface area contributed by atoms with Gasteiger partial charge in [0.05, 0.1) is 31.2 Å². The molecule has 0 radical (unpaired) electrons. The van der Waals surface area contributed by atoms with Crippen LogP contribution in [0.25, 0.3) is 0 Å². The number of nitrogens with zero attached hydrogens (tertiary/aromatic N) is 2. The lowest BCUT2D eigenvalue weighted by Crippen LogP contribution is -2.29. The number of imidazole rings is 1. The summed E-state index contributed by atoms with van der Waals surface area (Å²) >= 11 is 1.54. The van der Waals surface area contributed by atoms with Gasteiger partial charge in [0.25, 0.3) is 0 Å². The fraction of sp³-hybridized carbons (Fsp3) is 0.312. The van der Waals surface area contributed by atoms with Crippen molar-refractivity contribution < 1.29 is 14.3 Å². The fourth-order valence-corrected chi connectivity index (χ4v) is 2.75. The first-order valence-corrected chi connectivity index (χ1v) is 8.72. The fourth-order valence-electron chi connectivity index (χ4n) is 2.20. The maximum atomic E-state index is 12.2. The highest BCUT2D eigenvalue weighted by Crippen LogP contribution is 2.27. The van der Waals surface area contributed by atoms with Gasteiger partial charge in [-0.2, -0.15) is 0 Å². The standard InChI is InChI=1S/C16H21N5O3S/c1-10(22)19-11-5-6-14(24-3)13(7-11)20-15(23)17-8-12-9-18-16(25-4)21(12)2/h5-7,9H,8H2,1-4H3,(H,19,22)(H2,17,20,23). The largest absolute Gasteiger partial charge is 0.495 e. The third kappa shape index (κ3) is 4.90. The highest BCUT2D eigenvalue weighted by molar-refractivity contribution is 7.98. The number of carbonyl (C=O) groups excluding carboxylic acids is 2. The Bertz CT molecular complexity index is 775. The summed E-state index contributed by atoms with van der Waals surface area (Å²) in [6, 6.07) is 4.62. The van der Waals surface area contributed by atoms with Crippen LogP contribution in [0.3, 0.4) is 0 Å². The minimum absolute atomic E-state index is 0.193. The molecule has 2 aromatic rings. The number of methoxy groups -OCH3 is 1. The summed E-state index contributed by atoms with van der Waals surface area (Å²) in [6.07, 6.45) is 3.67. The van der Waals surface area contributed by atoms with Crippen LogP contribution in [0.1, 0.15) is 12.6 Å². The van der Waals surface area contributed by atoms with Crippen LogP contribution in [0, 0.1) is 0 Å². The zero-order valence-corrected chi connectivity index (χ0v) is 15.4. The number of thioether (sulfide) groups is 1. The number of urea groups is 1. The smallest absolute Gasteiger partial charge is 0.319 e. The molecular formula is C16H21N5O3S. The topological polar surface area (TPSA) is 97.3 Å². The number of carbonyl (C=O) groups is 2. The predicted molar refractivity (Wildman–Crippen MR) is 98.1 cm³/mol. The van der Waals surface area contributed by atoms with Gasteiger partial charge in [-0.3, -0.25) is 4.79 Å². The quantitative estimate of drug-likeness (QED) is 0.685. The van der Waals surface area contributed by atoms with E-state index in [1.807, 2.05) is 17.9 Å². The molecule has 0 aliphatic heterocycles. The number of benzene rings is 1. The Balaban J connectivity index is 2.03. The monoisotopic (exact) mass is 363 g/mol. The second-order valence-corrected chi connectivity index (χ2v) is 5.97. The maximum absolute atomic E-state index is 12.2. The van der Waals surface area contributed by atoms with Gasteiger partial charge in [-0.15, -0.1) is 0 Å². The lowest BCUT2D eigenvalue weighted by Gasteiger charge is -2.13. The van der Waals surface area contributed by atoms with Crippen molar-refractivity contribution in [2.45, 2.75) is 18.6 Å². The van der Waals surface area contributed by atoms with Gasteiger partial charge in [0.2, 0.25) is 5.91 Å². The van der Waals surface area contributed by atoms with Crippen LogP contribution in [0.4, 0.5) is 16.2 Å². The number of nitrogens with one attached hydrogen (secondary N) is 3. The van der Waals surface area contributed by atoms with Crippen LogP contribution in [-0.4, -0.2) is 34.9 Å². The van der Waals surface area contributed by atoms with E-state index in [1.165, 1.54) is 25.8 Å². The molecule has 0 fully saturated rings. The van der Waals surface area contributed by atoms with Gasteiger partial charge in [-0.05, 0) is 24.5 Å². The van der Waals surface area contributed by atoms with E-state index >= 15 is 0 Å². The van der Waals surface area contributed by atoms with Crippen molar-refractivity contribution in [3.05, 3.63) is 30.1 Å². The van der Waals surface area contributed by atoms with E-state index in [9.17, 15) is 9.59 Å². The lowest BCUT2D eigenvalue weighted by atomic mass is 10.2. The van der Waals surface area contributed by atoms with Crippen LogP contribution in [0.2, 0.25) is 0 Å². The molecule has 1 heterocycles. The molecule has 1 aromatic heterocycles. The zero-order valence-electron chi connectivity index (χ0n) is 14.5. The van der Waals surface area contributed by atoms with Crippen molar-refractivity contribution in [1.82, 2.24) is 14.9 Å². The Morgan fingerprint density at radius 1 is 1.32 bits per heavy atom. The molecule has 0 saturated carbocycles. The number of rotatable bonds is 6. The number of ether oxygens (including phenoxy) is 1. The van der Waals surface area contributed by atoms with Gasteiger partial charge in [0, 0.05) is 19.7 Å². The summed E-state index contributed by atoms with van der Waals surface area (Å²) in [5.41, 5.74) is 1.92. The minimum atomic E-state index is -0.384. The molecule has 0 atom stereocenters. The second-order valence-electron chi connectivity index (χ2n) is 5.20. The molecule has 0 spiro atoms. The summed E-state index contributed by atoms with van der Waals surface area (Å²) in [6.45, 7) is 1.75. The number of amides is 3. The Hall–Kier alpha value is -2.68. The van der Waals surface area contributed by atoms with Crippen LogP contribution in [-0.2, 0) is 18.4 Å². The minimum Gasteiger partial charge on any atom is -0.495 e. The van der Waals surface area contributed by atoms with Crippen LogP contribution < -0.4 is 20.7 Å². The lowest BCUT2D eigenvalue weighted by molar-refractivity contribution is -0.114. The van der Waals surface area contributed by atoms with Gasteiger partial charge in [0.1, 0.15) is 5.75 Å². The van der Waals surface area contributed by atoms with E-state index in [2.05, 4.69) is 20.9 Å². The van der Waals surface area contributed by atoms with Crippen LogP contribution in [0.15, 0.2) is 29.6 Å². The SMILES string of the molecule is COc1ccc(NC(C)=O)cc1NC(=O)NCc1cnc(SC)n1C. The summed E-state index contributed by atoms with van der Waals surface area (Å²) < 4.78 is 7.15. The molecule has 0 aliphatic rings. The Labute approximate surface area is 150 Å². The summed E-state index contributed by atoms with van der Waals surface area (Å²) in [5, 5.41) is 9.04. The number of hydrogen-bond donors (Lipinski definition) is 3. The Morgan fingerprint density at radius 3 is 2.68 bits per heavy atom. The summed E-state index contributed by atoms with van der Waals surface area (Å²) in [7, 11) is 3.41.